The van der Waals surface area contributed by atoms with E-state index in [1.54, 1.807) is 11.3 Å². The number of aliphatic hydroxyl groups is 1. The van der Waals surface area contributed by atoms with Crippen LogP contribution in [0.2, 0.25) is 0 Å². The number of fused-ring (bicyclic) bond motifs is 1. The van der Waals surface area contributed by atoms with Crippen molar-refractivity contribution in [1.29, 1.82) is 0 Å². The van der Waals surface area contributed by atoms with Crippen molar-refractivity contribution >= 4 is 21.4 Å². The molecule has 0 saturated heterocycles. The first-order valence-corrected chi connectivity index (χ1v) is 5.49. The van der Waals surface area contributed by atoms with Gasteiger partial charge in [0.15, 0.2) is 0 Å². The maximum atomic E-state index is 9.75. The molecule has 0 unspecified atom stereocenters. The van der Waals surface area contributed by atoms with Crippen molar-refractivity contribution in [2.24, 2.45) is 5.73 Å². The van der Waals surface area contributed by atoms with E-state index in [-0.39, 0.29) is 0 Å². The molecule has 0 amide bonds. The molecule has 1 aromatic heterocycles. The molecule has 0 spiro atoms. The Hall–Kier alpha value is -0.900. The van der Waals surface area contributed by atoms with Gasteiger partial charge in [0.05, 0.1) is 6.10 Å². The van der Waals surface area contributed by atoms with Crippen LogP contribution in [0.3, 0.4) is 0 Å². The number of thiophene rings is 1. The average molecular weight is 207 g/mol. The standard InChI is InChI=1S/C11H13NOS/c12-6-5-9(13)11-7-8-3-1-2-4-10(8)14-11/h1-4,7,9,13H,5-6,12H2/t9-/m0/s1. The van der Waals surface area contributed by atoms with E-state index in [2.05, 4.69) is 12.1 Å². The van der Waals surface area contributed by atoms with Gasteiger partial charge in [-0.3, -0.25) is 0 Å². The van der Waals surface area contributed by atoms with E-state index < -0.39 is 6.10 Å². The summed E-state index contributed by atoms with van der Waals surface area (Å²) in [6.07, 6.45) is 0.227. The molecule has 74 valence electrons. The minimum Gasteiger partial charge on any atom is -0.388 e. The van der Waals surface area contributed by atoms with E-state index in [0.717, 1.165) is 4.88 Å². The number of aliphatic hydroxyl groups excluding tert-OH is 1. The predicted octanol–water partition coefficient (Wildman–Crippen LogP) is 2.28. The van der Waals surface area contributed by atoms with Crippen molar-refractivity contribution in [1.82, 2.24) is 0 Å². The van der Waals surface area contributed by atoms with E-state index in [4.69, 9.17) is 5.73 Å². The maximum Gasteiger partial charge on any atom is 0.0894 e. The molecule has 14 heavy (non-hydrogen) atoms. The third-order valence-corrected chi connectivity index (χ3v) is 3.43. The van der Waals surface area contributed by atoms with Crippen LogP contribution < -0.4 is 5.73 Å². The summed E-state index contributed by atoms with van der Waals surface area (Å²) in [5.41, 5.74) is 5.41. The van der Waals surface area contributed by atoms with Gasteiger partial charge in [-0.2, -0.15) is 0 Å². The molecule has 2 nitrogen and oxygen atoms in total. The predicted molar refractivity (Wildman–Crippen MR) is 60.5 cm³/mol. The van der Waals surface area contributed by atoms with Crippen LogP contribution in [-0.2, 0) is 0 Å². The van der Waals surface area contributed by atoms with Crippen LogP contribution in [0.15, 0.2) is 30.3 Å². The van der Waals surface area contributed by atoms with E-state index >= 15 is 0 Å². The highest BCUT2D eigenvalue weighted by Crippen LogP contribution is 2.30. The summed E-state index contributed by atoms with van der Waals surface area (Å²) in [6, 6.07) is 10.2. The molecule has 0 saturated carbocycles. The highest BCUT2D eigenvalue weighted by molar-refractivity contribution is 7.19. The molecule has 1 aromatic carbocycles. The fourth-order valence-corrected chi connectivity index (χ4v) is 2.55. The van der Waals surface area contributed by atoms with Gasteiger partial charge in [0.25, 0.3) is 0 Å². The summed E-state index contributed by atoms with van der Waals surface area (Å²) in [5, 5.41) is 10.9. The molecule has 1 heterocycles. The van der Waals surface area contributed by atoms with Crippen molar-refractivity contribution in [2.45, 2.75) is 12.5 Å². The first-order valence-electron chi connectivity index (χ1n) is 4.68. The van der Waals surface area contributed by atoms with Gasteiger partial charge in [-0.15, -0.1) is 11.3 Å². The van der Waals surface area contributed by atoms with Crippen LogP contribution in [0.1, 0.15) is 17.4 Å². The van der Waals surface area contributed by atoms with Gasteiger partial charge in [-0.25, -0.2) is 0 Å². The second-order valence-corrected chi connectivity index (χ2v) is 4.40. The second-order valence-electron chi connectivity index (χ2n) is 3.28. The molecule has 0 aliphatic carbocycles. The Morgan fingerprint density at radius 2 is 2.14 bits per heavy atom. The molecule has 0 fully saturated rings. The van der Waals surface area contributed by atoms with Crippen LogP contribution >= 0.6 is 11.3 Å². The van der Waals surface area contributed by atoms with Gasteiger partial charge in [-0.05, 0) is 30.5 Å². The van der Waals surface area contributed by atoms with Crippen molar-refractivity contribution in [3.63, 3.8) is 0 Å². The third kappa shape index (κ3) is 1.80. The van der Waals surface area contributed by atoms with E-state index in [0.29, 0.717) is 13.0 Å². The van der Waals surface area contributed by atoms with Crippen LogP contribution in [0.25, 0.3) is 10.1 Å². The summed E-state index contributed by atoms with van der Waals surface area (Å²) < 4.78 is 1.22. The number of rotatable bonds is 3. The van der Waals surface area contributed by atoms with Crippen molar-refractivity contribution in [2.75, 3.05) is 6.54 Å². The van der Waals surface area contributed by atoms with Crippen LogP contribution in [0.5, 0.6) is 0 Å². The van der Waals surface area contributed by atoms with Crippen LogP contribution in [-0.4, -0.2) is 11.7 Å². The van der Waals surface area contributed by atoms with Crippen LogP contribution in [0.4, 0.5) is 0 Å². The lowest BCUT2D eigenvalue weighted by molar-refractivity contribution is 0.174. The van der Waals surface area contributed by atoms with Crippen molar-refractivity contribution in [3.05, 3.63) is 35.2 Å². The zero-order valence-electron chi connectivity index (χ0n) is 7.81. The second kappa shape index (κ2) is 4.09. The number of hydrogen-bond donors (Lipinski definition) is 2. The Morgan fingerprint density at radius 3 is 2.86 bits per heavy atom. The van der Waals surface area contributed by atoms with Gasteiger partial charge in [0, 0.05) is 9.58 Å². The monoisotopic (exact) mass is 207 g/mol. The first kappa shape index (κ1) is 9.65. The molecule has 3 heteroatoms. The molecular weight excluding hydrogens is 194 g/mol. The van der Waals surface area contributed by atoms with Gasteiger partial charge < -0.3 is 10.8 Å². The zero-order chi connectivity index (χ0) is 9.97. The molecule has 1 atom stereocenters. The summed E-state index contributed by atoms with van der Waals surface area (Å²) in [6.45, 7) is 0.523. The minimum atomic E-state index is -0.405. The molecule has 3 N–H and O–H groups in total. The smallest absolute Gasteiger partial charge is 0.0894 e. The summed E-state index contributed by atoms with van der Waals surface area (Å²) in [7, 11) is 0. The zero-order valence-corrected chi connectivity index (χ0v) is 8.63. The maximum absolute atomic E-state index is 9.75. The molecule has 2 aromatic rings. The van der Waals surface area contributed by atoms with E-state index in [1.165, 1.54) is 10.1 Å². The molecule has 0 radical (unpaired) electrons. The largest absolute Gasteiger partial charge is 0.388 e. The Balaban J connectivity index is 2.35. The average Bonchev–Trinajstić information content (AvgIpc) is 2.61. The quantitative estimate of drug-likeness (QED) is 0.811. The lowest BCUT2D eigenvalue weighted by Gasteiger charge is -2.04. The normalized spacial score (nSPS) is 13.3. The Morgan fingerprint density at radius 1 is 1.36 bits per heavy atom. The lowest BCUT2D eigenvalue weighted by Crippen LogP contribution is -2.05. The number of hydrogen-bond acceptors (Lipinski definition) is 3. The summed E-state index contributed by atoms with van der Waals surface area (Å²) in [4.78, 5) is 1.01. The highest BCUT2D eigenvalue weighted by Gasteiger charge is 2.09. The molecule has 0 aliphatic rings. The van der Waals surface area contributed by atoms with Gasteiger partial charge in [0.1, 0.15) is 0 Å². The Labute approximate surface area is 87.0 Å². The van der Waals surface area contributed by atoms with Crippen molar-refractivity contribution in [3.8, 4) is 0 Å². The number of benzene rings is 1. The van der Waals surface area contributed by atoms with Crippen molar-refractivity contribution < 1.29 is 5.11 Å². The molecular formula is C11H13NOS. The Kier molecular flexibility index (Phi) is 2.82. The van der Waals surface area contributed by atoms with E-state index in [9.17, 15) is 5.11 Å². The fraction of sp³-hybridized carbons (Fsp3) is 0.273. The van der Waals surface area contributed by atoms with Gasteiger partial charge >= 0.3 is 0 Å². The molecule has 2 rings (SSSR count). The minimum absolute atomic E-state index is 0.405. The first-order chi connectivity index (χ1) is 6.81. The lowest BCUT2D eigenvalue weighted by atomic mass is 10.2. The van der Waals surface area contributed by atoms with Gasteiger partial charge in [0.2, 0.25) is 0 Å². The molecule has 0 bridgehead atoms. The fourth-order valence-electron chi connectivity index (χ4n) is 1.47. The third-order valence-electron chi connectivity index (χ3n) is 2.21. The summed E-state index contributed by atoms with van der Waals surface area (Å²) >= 11 is 1.64. The molecule has 0 aliphatic heterocycles. The topological polar surface area (TPSA) is 46.2 Å². The van der Waals surface area contributed by atoms with Crippen LogP contribution in [0, 0.1) is 0 Å². The Bertz CT molecular complexity index is 391. The highest BCUT2D eigenvalue weighted by atomic mass is 32.1. The van der Waals surface area contributed by atoms with E-state index in [1.807, 2.05) is 18.2 Å². The summed E-state index contributed by atoms with van der Waals surface area (Å²) in [5.74, 6) is 0. The SMILES string of the molecule is NCC[C@H](O)c1cc2ccccc2s1. The number of nitrogens with two attached hydrogens (primary N) is 1. The van der Waals surface area contributed by atoms with Gasteiger partial charge in [-0.1, -0.05) is 18.2 Å².